The minimum atomic E-state index is -4.36. The van der Waals surface area contributed by atoms with Crippen LogP contribution in [0.15, 0.2) is 66.7 Å². The van der Waals surface area contributed by atoms with E-state index in [1.807, 2.05) is 29.2 Å². The van der Waals surface area contributed by atoms with Crippen LogP contribution in [0.3, 0.4) is 0 Å². The first-order valence-electron chi connectivity index (χ1n) is 12.9. The van der Waals surface area contributed by atoms with Crippen LogP contribution in [0, 0.1) is 0 Å². The number of hydrogen-bond acceptors (Lipinski definition) is 4. The van der Waals surface area contributed by atoms with E-state index in [-0.39, 0.29) is 5.91 Å². The normalized spacial score (nSPS) is 22.4. The van der Waals surface area contributed by atoms with Gasteiger partial charge in [-0.2, -0.15) is 13.2 Å². The Morgan fingerprint density at radius 1 is 0.973 bits per heavy atom. The summed E-state index contributed by atoms with van der Waals surface area (Å²) in [4.78, 5) is 24.5. The van der Waals surface area contributed by atoms with Crippen LogP contribution >= 0.6 is 0 Å². The zero-order chi connectivity index (χ0) is 25.6. The summed E-state index contributed by atoms with van der Waals surface area (Å²) in [7, 11) is 0. The van der Waals surface area contributed by atoms with Gasteiger partial charge < -0.3 is 9.80 Å². The Hall–Kier alpha value is -3.39. The molecule has 0 N–H and O–H groups in total. The molecule has 1 amide bonds. The van der Waals surface area contributed by atoms with Gasteiger partial charge in [0, 0.05) is 43.6 Å². The summed E-state index contributed by atoms with van der Waals surface area (Å²) >= 11 is 0. The predicted octanol–water partition coefficient (Wildman–Crippen LogP) is 5.22. The number of amides is 1. The Morgan fingerprint density at radius 2 is 1.76 bits per heavy atom. The van der Waals surface area contributed by atoms with Crippen LogP contribution in [-0.2, 0) is 11.0 Å². The fraction of sp³-hybridized carbons (Fsp3) is 0.379. The first-order chi connectivity index (χ1) is 17.8. The molecule has 2 bridgehead atoms. The maximum Gasteiger partial charge on any atom is 0.416 e. The number of alkyl halides is 3. The van der Waals surface area contributed by atoms with Gasteiger partial charge in [0.25, 0.3) is 0 Å². The molecule has 2 fully saturated rings. The van der Waals surface area contributed by atoms with Crippen LogP contribution in [0.1, 0.15) is 30.4 Å². The van der Waals surface area contributed by atoms with E-state index in [0.717, 1.165) is 54.3 Å². The smallest absolute Gasteiger partial charge is 0.348 e. The number of anilines is 1. The minimum Gasteiger partial charge on any atom is -0.348 e. The van der Waals surface area contributed by atoms with E-state index < -0.39 is 11.7 Å². The number of rotatable bonds is 4. The largest absolute Gasteiger partial charge is 0.416 e. The van der Waals surface area contributed by atoms with Crippen molar-refractivity contribution in [3.8, 4) is 0 Å². The maximum atomic E-state index is 13.1. The molecule has 0 radical (unpaired) electrons. The summed E-state index contributed by atoms with van der Waals surface area (Å²) in [5.41, 5.74) is 1.80. The first kappa shape index (κ1) is 24.0. The van der Waals surface area contributed by atoms with Crippen molar-refractivity contribution in [2.75, 3.05) is 37.6 Å². The Morgan fingerprint density at radius 3 is 2.49 bits per heavy atom. The van der Waals surface area contributed by atoms with Crippen LogP contribution in [-0.4, -0.2) is 65.5 Å². The second-order valence-electron chi connectivity index (χ2n) is 10.2. The molecule has 6 rings (SSSR count). The second kappa shape index (κ2) is 9.49. The molecule has 4 heterocycles. The molecule has 8 heteroatoms. The van der Waals surface area contributed by atoms with Crippen molar-refractivity contribution in [3.05, 3.63) is 77.9 Å². The number of pyridine rings is 1. The zero-order valence-electron chi connectivity index (χ0n) is 20.5. The third kappa shape index (κ3) is 4.82. The van der Waals surface area contributed by atoms with E-state index in [0.29, 0.717) is 43.7 Å². The highest BCUT2D eigenvalue weighted by Gasteiger charge is 2.41. The molecule has 0 spiro atoms. The van der Waals surface area contributed by atoms with E-state index in [1.54, 1.807) is 6.07 Å². The molecular formula is C29H29F3N4O. The summed E-state index contributed by atoms with van der Waals surface area (Å²) in [6.45, 7) is 2.98. The van der Waals surface area contributed by atoms with Crippen LogP contribution in [0.25, 0.3) is 16.5 Å². The standard InChI is InChI=1S/C29H29F3N4O/c30-29(31,32)23-6-3-5-22(16-23)20-12-14-35(15-13-20)28(37)19-34-17-24-9-10-25(18-34)36(24)27-11-8-21-4-1-2-7-26(21)33-27/h1-8,11-12,16,24-25H,9-10,13-15,17-19H2. The molecule has 37 heavy (non-hydrogen) atoms. The molecule has 2 aromatic carbocycles. The number of fused-ring (bicyclic) bond motifs is 3. The van der Waals surface area contributed by atoms with Gasteiger partial charge in [0.05, 0.1) is 17.6 Å². The Labute approximate surface area is 214 Å². The number of carbonyl (C=O) groups excluding carboxylic acids is 1. The Bertz CT molecular complexity index is 1340. The van der Waals surface area contributed by atoms with Gasteiger partial charge in [-0.25, -0.2) is 4.98 Å². The first-order valence-corrected chi connectivity index (χ1v) is 12.9. The van der Waals surface area contributed by atoms with Gasteiger partial charge >= 0.3 is 6.18 Å². The van der Waals surface area contributed by atoms with Gasteiger partial charge in [-0.3, -0.25) is 9.69 Å². The molecule has 2 atom stereocenters. The van der Waals surface area contributed by atoms with Crippen molar-refractivity contribution in [1.82, 2.24) is 14.8 Å². The van der Waals surface area contributed by atoms with Gasteiger partial charge in [-0.05, 0) is 60.7 Å². The Kier molecular flexibility index (Phi) is 6.15. The van der Waals surface area contributed by atoms with Crippen LogP contribution in [0.5, 0.6) is 0 Å². The Balaban J connectivity index is 1.08. The monoisotopic (exact) mass is 506 g/mol. The molecule has 192 valence electrons. The molecule has 2 saturated heterocycles. The summed E-state index contributed by atoms with van der Waals surface area (Å²) in [6.07, 6.45) is 0.276. The topological polar surface area (TPSA) is 39.7 Å². The maximum absolute atomic E-state index is 13.1. The third-order valence-electron chi connectivity index (χ3n) is 7.89. The second-order valence-corrected chi connectivity index (χ2v) is 10.2. The molecule has 2 unspecified atom stereocenters. The van der Waals surface area contributed by atoms with Crippen molar-refractivity contribution >= 4 is 28.2 Å². The van der Waals surface area contributed by atoms with Crippen molar-refractivity contribution in [1.29, 1.82) is 0 Å². The van der Waals surface area contributed by atoms with Crippen molar-refractivity contribution in [2.24, 2.45) is 0 Å². The predicted molar refractivity (Wildman–Crippen MR) is 138 cm³/mol. The summed E-state index contributed by atoms with van der Waals surface area (Å²) < 4.78 is 39.3. The number of benzene rings is 2. The van der Waals surface area contributed by atoms with Crippen molar-refractivity contribution < 1.29 is 18.0 Å². The van der Waals surface area contributed by atoms with Crippen LogP contribution in [0.4, 0.5) is 19.0 Å². The van der Waals surface area contributed by atoms with Gasteiger partial charge in [-0.15, -0.1) is 0 Å². The van der Waals surface area contributed by atoms with Gasteiger partial charge in [0.1, 0.15) is 5.82 Å². The number of nitrogens with zero attached hydrogens (tertiary/aromatic N) is 4. The van der Waals surface area contributed by atoms with Gasteiger partial charge in [0.2, 0.25) is 5.91 Å². The number of likely N-dealkylation sites (tertiary alicyclic amines) is 1. The minimum absolute atomic E-state index is 0.0797. The number of hydrogen-bond donors (Lipinski definition) is 0. The molecule has 3 aliphatic rings. The van der Waals surface area contributed by atoms with Crippen LogP contribution in [0.2, 0.25) is 0 Å². The highest BCUT2D eigenvalue weighted by atomic mass is 19.4. The summed E-state index contributed by atoms with van der Waals surface area (Å²) in [5, 5.41) is 1.13. The lowest BCUT2D eigenvalue weighted by molar-refractivity contribution is -0.137. The van der Waals surface area contributed by atoms with Crippen molar-refractivity contribution in [2.45, 2.75) is 37.5 Å². The molecule has 3 aromatic rings. The number of piperazine rings is 1. The lowest BCUT2D eigenvalue weighted by Gasteiger charge is -2.42. The molecule has 1 aromatic heterocycles. The van der Waals surface area contributed by atoms with E-state index in [9.17, 15) is 18.0 Å². The quantitative estimate of drug-likeness (QED) is 0.486. The zero-order valence-corrected chi connectivity index (χ0v) is 20.5. The number of para-hydroxylation sites is 1. The van der Waals surface area contributed by atoms with E-state index in [4.69, 9.17) is 4.98 Å². The molecule has 0 saturated carbocycles. The van der Waals surface area contributed by atoms with E-state index >= 15 is 0 Å². The highest BCUT2D eigenvalue weighted by molar-refractivity contribution is 5.81. The summed E-state index contributed by atoms with van der Waals surface area (Å²) in [6, 6.07) is 18.5. The molecular weight excluding hydrogens is 477 g/mol. The fourth-order valence-electron chi connectivity index (χ4n) is 6.04. The highest BCUT2D eigenvalue weighted by Crippen LogP contribution is 2.35. The van der Waals surface area contributed by atoms with Crippen molar-refractivity contribution in [3.63, 3.8) is 0 Å². The van der Waals surface area contributed by atoms with E-state index in [1.165, 1.54) is 12.1 Å². The molecule has 0 aliphatic carbocycles. The SMILES string of the molecule is O=C(CN1CC2CCC(C1)N2c1ccc2ccccc2n1)N1CC=C(c2cccc(C(F)(F)F)c2)CC1. The van der Waals surface area contributed by atoms with Crippen LogP contribution < -0.4 is 4.90 Å². The molecule has 5 nitrogen and oxygen atoms in total. The van der Waals surface area contributed by atoms with Gasteiger partial charge in [0.15, 0.2) is 0 Å². The lowest BCUT2D eigenvalue weighted by atomic mass is 9.97. The number of aromatic nitrogens is 1. The lowest BCUT2D eigenvalue weighted by Crippen LogP contribution is -2.56. The molecule has 3 aliphatic heterocycles. The average Bonchev–Trinajstić information content (AvgIpc) is 3.18. The fourth-order valence-corrected chi connectivity index (χ4v) is 6.04. The number of halogens is 3. The van der Waals surface area contributed by atoms with Gasteiger partial charge in [-0.1, -0.05) is 36.4 Å². The van der Waals surface area contributed by atoms with E-state index in [2.05, 4.69) is 28.0 Å². The number of carbonyl (C=O) groups is 1. The summed E-state index contributed by atoms with van der Waals surface area (Å²) in [5.74, 6) is 1.09. The average molecular weight is 507 g/mol. The third-order valence-corrected chi connectivity index (χ3v) is 7.89.